The van der Waals surface area contributed by atoms with Crippen LogP contribution in [-0.4, -0.2) is 26.4 Å². The quantitative estimate of drug-likeness (QED) is 0.514. The molecule has 1 amide bonds. The summed E-state index contributed by atoms with van der Waals surface area (Å²) < 4.78 is 40.4. The Labute approximate surface area is 176 Å². The Hall–Kier alpha value is -2.81. The first-order valence-electron chi connectivity index (χ1n) is 9.27. The van der Waals surface area contributed by atoms with Crippen molar-refractivity contribution in [3.63, 3.8) is 0 Å². The summed E-state index contributed by atoms with van der Waals surface area (Å²) in [7, 11) is 0. The first-order valence-corrected chi connectivity index (χ1v) is 10.3. The van der Waals surface area contributed by atoms with Crippen molar-refractivity contribution in [2.75, 3.05) is 11.1 Å². The molecule has 0 saturated heterocycles. The number of carbonyl (C=O) groups is 1. The van der Waals surface area contributed by atoms with Gasteiger partial charge in [-0.05, 0) is 45.0 Å². The largest absolute Gasteiger partial charge is 0.416 e. The Morgan fingerprint density at radius 2 is 1.87 bits per heavy atom. The number of nitrogens with one attached hydrogen (secondary N) is 1. The highest BCUT2D eigenvalue weighted by Gasteiger charge is 2.30. The average molecular weight is 434 g/mol. The zero-order valence-corrected chi connectivity index (χ0v) is 17.5. The van der Waals surface area contributed by atoms with E-state index in [1.807, 2.05) is 49.6 Å². The van der Waals surface area contributed by atoms with Crippen molar-refractivity contribution in [2.45, 2.75) is 38.1 Å². The molecule has 0 aliphatic heterocycles. The molecule has 1 N–H and O–H groups in total. The average Bonchev–Trinajstić information content (AvgIpc) is 3.10. The predicted octanol–water partition coefficient (Wildman–Crippen LogP) is 5.58. The standard InChI is InChI=1S/C21H21F3N4OS/c1-13(2)28-19(15-7-4-6-14(3)10-15)26-27-20(28)30-12-18(29)25-17-9-5-8-16(11-17)21(22,23)24/h4-11,13H,12H2,1-3H3,(H,25,29). The third-order valence-corrected chi connectivity index (χ3v) is 5.21. The summed E-state index contributed by atoms with van der Waals surface area (Å²) in [6.07, 6.45) is -4.46. The molecule has 0 unspecified atom stereocenters. The van der Waals surface area contributed by atoms with E-state index in [1.54, 1.807) is 0 Å². The number of anilines is 1. The van der Waals surface area contributed by atoms with Gasteiger partial charge in [0.05, 0.1) is 11.3 Å². The van der Waals surface area contributed by atoms with E-state index in [0.29, 0.717) is 11.0 Å². The topological polar surface area (TPSA) is 59.8 Å². The minimum atomic E-state index is -4.46. The van der Waals surface area contributed by atoms with Crippen LogP contribution in [0.15, 0.2) is 53.7 Å². The van der Waals surface area contributed by atoms with Crippen LogP contribution in [0.1, 0.15) is 31.0 Å². The number of halogens is 3. The number of rotatable bonds is 6. The fourth-order valence-corrected chi connectivity index (χ4v) is 3.79. The molecule has 0 aliphatic rings. The maximum atomic E-state index is 12.8. The zero-order chi connectivity index (χ0) is 21.9. The number of nitrogens with zero attached hydrogens (tertiary/aromatic N) is 3. The van der Waals surface area contributed by atoms with Crippen molar-refractivity contribution in [1.29, 1.82) is 0 Å². The molecule has 0 fully saturated rings. The molecule has 0 aliphatic carbocycles. The molecular weight excluding hydrogens is 413 g/mol. The highest BCUT2D eigenvalue weighted by molar-refractivity contribution is 7.99. The van der Waals surface area contributed by atoms with Gasteiger partial charge in [0, 0.05) is 17.3 Å². The van der Waals surface area contributed by atoms with Crippen LogP contribution in [0.5, 0.6) is 0 Å². The van der Waals surface area contributed by atoms with Gasteiger partial charge in [0.25, 0.3) is 0 Å². The molecule has 3 rings (SSSR count). The van der Waals surface area contributed by atoms with Gasteiger partial charge >= 0.3 is 6.18 Å². The number of thioether (sulfide) groups is 1. The smallest absolute Gasteiger partial charge is 0.325 e. The number of alkyl halides is 3. The third-order valence-electron chi connectivity index (χ3n) is 4.26. The molecule has 2 aromatic carbocycles. The predicted molar refractivity (Wildman–Crippen MR) is 111 cm³/mol. The number of carbonyl (C=O) groups excluding carboxylic acids is 1. The Morgan fingerprint density at radius 1 is 1.13 bits per heavy atom. The number of hydrogen-bond donors (Lipinski definition) is 1. The second-order valence-corrected chi connectivity index (χ2v) is 8.00. The maximum absolute atomic E-state index is 12.8. The van der Waals surface area contributed by atoms with Crippen LogP contribution in [0.2, 0.25) is 0 Å². The molecular formula is C21H21F3N4OS. The summed E-state index contributed by atoms with van der Waals surface area (Å²) in [5.41, 5.74) is 1.31. The van der Waals surface area contributed by atoms with E-state index in [-0.39, 0.29) is 17.5 Å². The van der Waals surface area contributed by atoms with E-state index < -0.39 is 17.6 Å². The Bertz CT molecular complexity index is 1050. The minimum Gasteiger partial charge on any atom is -0.325 e. The van der Waals surface area contributed by atoms with Crippen LogP contribution in [0.25, 0.3) is 11.4 Å². The number of amides is 1. The van der Waals surface area contributed by atoms with Gasteiger partial charge in [0.2, 0.25) is 5.91 Å². The molecule has 1 aromatic heterocycles. The summed E-state index contributed by atoms with van der Waals surface area (Å²) in [6.45, 7) is 5.98. The van der Waals surface area contributed by atoms with E-state index in [2.05, 4.69) is 15.5 Å². The molecule has 30 heavy (non-hydrogen) atoms. The molecule has 158 valence electrons. The molecule has 0 radical (unpaired) electrons. The van der Waals surface area contributed by atoms with Crippen LogP contribution in [-0.2, 0) is 11.0 Å². The Balaban J connectivity index is 1.72. The molecule has 5 nitrogen and oxygen atoms in total. The Morgan fingerprint density at radius 3 is 2.53 bits per heavy atom. The second kappa shape index (κ2) is 8.91. The van der Waals surface area contributed by atoms with Gasteiger partial charge in [-0.2, -0.15) is 13.2 Å². The number of benzene rings is 2. The summed E-state index contributed by atoms with van der Waals surface area (Å²) in [6, 6.07) is 12.5. The second-order valence-electron chi connectivity index (χ2n) is 7.05. The molecule has 0 spiro atoms. The van der Waals surface area contributed by atoms with Crippen molar-refractivity contribution in [1.82, 2.24) is 14.8 Å². The van der Waals surface area contributed by atoms with E-state index in [0.717, 1.165) is 23.3 Å². The SMILES string of the molecule is Cc1cccc(-c2nnc(SCC(=O)Nc3cccc(C(F)(F)F)c3)n2C(C)C)c1. The number of hydrogen-bond acceptors (Lipinski definition) is 4. The van der Waals surface area contributed by atoms with Crippen molar-refractivity contribution in [3.05, 3.63) is 59.7 Å². The van der Waals surface area contributed by atoms with Crippen LogP contribution in [0.4, 0.5) is 18.9 Å². The lowest BCUT2D eigenvalue weighted by molar-refractivity contribution is -0.137. The van der Waals surface area contributed by atoms with E-state index in [9.17, 15) is 18.0 Å². The van der Waals surface area contributed by atoms with Crippen molar-refractivity contribution < 1.29 is 18.0 Å². The van der Waals surface area contributed by atoms with Gasteiger partial charge in [-0.25, -0.2) is 0 Å². The van der Waals surface area contributed by atoms with E-state index >= 15 is 0 Å². The molecule has 0 saturated carbocycles. The number of aryl methyl sites for hydroxylation is 1. The molecule has 3 aromatic rings. The normalized spacial score (nSPS) is 11.7. The number of aromatic nitrogens is 3. The summed E-state index contributed by atoms with van der Waals surface area (Å²) in [5.74, 6) is 0.277. The van der Waals surface area contributed by atoms with Crippen LogP contribution in [0, 0.1) is 6.92 Å². The molecule has 0 atom stereocenters. The highest BCUT2D eigenvalue weighted by atomic mass is 32.2. The van der Waals surface area contributed by atoms with Gasteiger partial charge in [-0.15, -0.1) is 10.2 Å². The van der Waals surface area contributed by atoms with Crippen LogP contribution < -0.4 is 5.32 Å². The lowest BCUT2D eigenvalue weighted by Crippen LogP contribution is -2.16. The lowest BCUT2D eigenvalue weighted by Gasteiger charge is -2.14. The first kappa shape index (κ1) is 21.9. The van der Waals surface area contributed by atoms with E-state index in [4.69, 9.17) is 0 Å². The zero-order valence-electron chi connectivity index (χ0n) is 16.7. The van der Waals surface area contributed by atoms with Gasteiger partial charge in [-0.3, -0.25) is 9.36 Å². The fraction of sp³-hybridized carbons (Fsp3) is 0.286. The maximum Gasteiger partial charge on any atom is 0.416 e. The van der Waals surface area contributed by atoms with Crippen molar-refractivity contribution in [3.8, 4) is 11.4 Å². The highest BCUT2D eigenvalue weighted by Crippen LogP contribution is 2.31. The van der Waals surface area contributed by atoms with E-state index in [1.165, 1.54) is 23.9 Å². The summed E-state index contributed by atoms with van der Waals surface area (Å²) >= 11 is 1.19. The molecule has 9 heteroatoms. The minimum absolute atomic E-state index is 0.00504. The summed E-state index contributed by atoms with van der Waals surface area (Å²) in [4.78, 5) is 12.3. The fourth-order valence-electron chi connectivity index (χ4n) is 2.92. The molecule has 0 bridgehead atoms. The Kier molecular flexibility index (Phi) is 6.50. The first-order chi connectivity index (χ1) is 14.1. The van der Waals surface area contributed by atoms with Crippen molar-refractivity contribution >= 4 is 23.4 Å². The third kappa shape index (κ3) is 5.21. The van der Waals surface area contributed by atoms with Gasteiger partial charge in [0.1, 0.15) is 0 Å². The van der Waals surface area contributed by atoms with Gasteiger partial charge in [0.15, 0.2) is 11.0 Å². The summed E-state index contributed by atoms with van der Waals surface area (Å²) in [5, 5.41) is 11.6. The van der Waals surface area contributed by atoms with Crippen molar-refractivity contribution in [2.24, 2.45) is 0 Å². The monoisotopic (exact) mass is 434 g/mol. The lowest BCUT2D eigenvalue weighted by atomic mass is 10.1. The van der Waals surface area contributed by atoms with Crippen LogP contribution in [0.3, 0.4) is 0 Å². The van der Waals surface area contributed by atoms with Crippen LogP contribution >= 0.6 is 11.8 Å². The van der Waals surface area contributed by atoms with Gasteiger partial charge in [-0.1, -0.05) is 41.6 Å². The molecule has 1 heterocycles. The van der Waals surface area contributed by atoms with Gasteiger partial charge < -0.3 is 5.32 Å².